The van der Waals surface area contributed by atoms with Crippen LogP contribution in [0, 0.1) is 17.0 Å². The molecule has 18 heavy (non-hydrogen) atoms. The molecule has 0 amide bonds. The molecular weight excluding hydrogens is 280 g/mol. The second kappa shape index (κ2) is 5.25. The molecule has 0 saturated heterocycles. The predicted molar refractivity (Wildman–Crippen MR) is 68.1 cm³/mol. The fraction of sp³-hybridized carbons (Fsp3) is 0.125. The highest BCUT2D eigenvalue weighted by Gasteiger charge is 2.22. The van der Waals surface area contributed by atoms with Gasteiger partial charge in [-0.25, -0.2) is 8.42 Å². The Labute approximate surface area is 108 Å². The van der Waals surface area contributed by atoms with Gasteiger partial charge in [-0.15, -0.1) is 4.83 Å². The van der Waals surface area contributed by atoms with Gasteiger partial charge in [-0.1, -0.05) is 6.07 Å². The summed E-state index contributed by atoms with van der Waals surface area (Å²) in [6, 6.07) is 3.74. The molecule has 0 fully saturated rings. The van der Waals surface area contributed by atoms with E-state index in [0.29, 0.717) is 0 Å². The molecule has 0 saturated carbocycles. The van der Waals surface area contributed by atoms with Crippen LogP contribution in [0.4, 0.5) is 5.69 Å². The summed E-state index contributed by atoms with van der Waals surface area (Å²) in [5, 5.41) is 10.4. The number of nitro benzene ring substituents is 1. The molecule has 1 aromatic carbocycles. The van der Waals surface area contributed by atoms with Gasteiger partial charge in [0, 0.05) is 11.6 Å². The quantitative estimate of drug-likeness (QED) is 0.402. The van der Waals surface area contributed by atoms with Crippen LogP contribution in [-0.4, -0.2) is 18.5 Å². The van der Waals surface area contributed by atoms with E-state index in [2.05, 4.69) is 17.6 Å². The summed E-state index contributed by atoms with van der Waals surface area (Å²) in [6.45, 7) is 1.34. The Balaban J connectivity index is 3.21. The highest BCUT2D eigenvalue weighted by Crippen LogP contribution is 2.24. The van der Waals surface area contributed by atoms with E-state index in [1.165, 1.54) is 25.1 Å². The first kappa shape index (κ1) is 14.3. The van der Waals surface area contributed by atoms with Gasteiger partial charge in [-0.3, -0.25) is 15.5 Å². The Morgan fingerprint density at radius 1 is 1.50 bits per heavy atom. The first-order valence-electron chi connectivity index (χ1n) is 4.57. The Bertz CT molecular complexity index is 599. The van der Waals surface area contributed by atoms with E-state index < -0.39 is 14.9 Å². The number of nitrogens with zero attached hydrogens (tertiary/aromatic N) is 1. The molecule has 0 aliphatic rings. The molecule has 8 nitrogen and oxygen atoms in total. The van der Waals surface area contributed by atoms with Crippen molar-refractivity contribution >= 4 is 33.0 Å². The van der Waals surface area contributed by atoms with Crippen molar-refractivity contribution in [1.29, 1.82) is 0 Å². The van der Waals surface area contributed by atoms with Gasteiger partial charge < -0.3 is 5.73 Å². The van der Waals surface area contributed by atoms with Crippen molar-refractivity contribution in [1.82, 2.24) is 10.3 Å². The number of nitrogens with one attached hydrogen (secondary N) is 2. The van der Waals surface area contributed by atoms with Crippen molar-refractivity contribution < 1.29 is 13.3 Å². The summed E-state index contributed by atoms with van der Waals surface area (Å²) in [6.07, 6.45) is 0. The maximum absolute atomic E-state index is 11.8. The maximum Gasteiger partial charge on any atom is 0.273 e. The molecule has 0 radical (unpaired) electrons. The average molecular weight is 290 g/mol. The van der Waals surface area contributed by atoms with E-state index in [-0.39, 0.29) is 21.3 Å². The zero-order valence-corrected chi connectivity index (χ0v) is 10.8. The van der Waals surface area contributed by atoms with E-state index in [9.17, 15) is 18.5 Å². The topological polar surface area (TPSA) is 127 Å². The minimum Gasteiger partial charge on any atom is -0.375 e. The van der Waals surface area contributed by atoms with Crippen LogP contribution in [0.15, 0.2) is 23.1 Å². The summed E-state index contributed by atoms with van der Waals surface area (Å²) >= 11 is 4.45. The number of hydrogen-bond donors (Lipinski definition) is 3. The number of nitrogens with two attached hydrogens (primary N) is 1. The normalized spacial score (nSPS) is 10.9. The lowest BCUT2D eigenvalue weighted by Gasteiger charge is -2.09. The number of sulfonamides is 1. The smallest absolute Gasteiger partial charge is 0.273 e. The summed E-state index contributed by atoms with van der Waals surface area (Å²) in [5.41, 5.74) is 6.88. The Morgan fingerprint density at radius 3 is 2.61 bits per heavy atom. The number of rotatable bonds is 4. The van der Waals surface area contributed by atoms with Crippen LogP contribution >= 0.6 is 12.2 Å². The Morgan fingerprint density at radius 2 is 2.11 bits per heavy atom. The van der Waals surface area contributed by atoms with E-state index in [1.54, 1.807) is 0 Å². The van der Waals surface area contributed by atoms with Crippen molar-refractivity contribution in [2.24, 2.45) is 5.73 Å². The molecule has 0 aliphatic carbocycles. The summed E-state index contributed by atoms with van der Waals surface area (Å²) in [4.78, 5) is 11.7. The van der Waals surface area contributed by atoms with Gasteiger partial charge in [0.2, 0.25) is 0 Å². The van der Waals surface area contributed by atoms with Gasteiger partial charge >= 0.3 is 0 Å². The Kier molecular flexibility index (Phi) is 4.16. The number of thiocarbonyl (C=S) groups is 1. The van der Waals surface area contributed by atoms with E-state index >= 15 is 0 Å². The lowest BCUT2D eigenvalue weighted by atomic mass is 10.2. The van der Waals surface area contributed by atoms with Gasteiger partial charge in [-0.2, -0.15) is 0 Å². The number of hydrazine groups is 1. The molecule has 0 atom stereocenters. The number of hydrogen-bond acceptors (Lipinski definition) is 5. The molecule has 0 aliphatic heterocycles. The van der Waals surface area contributed by atoms with Crippen LogP contribution in [-0.2, 0) is 10.0 Å². The molecule has 1 rings (SSSR count). The molecule has 4 N–H and O–H groups in total. The Hall–Kier alpha value is -1.78. The third-order valence-electron chi connectivity index (χ3n) is 2.05. The van der Waals surface area contributed by atoms with Crippen LogP contribution in [0.5, 0.6) is 0 Å². The van der Waals surface area contributed by atoms with E-state index in [1.807, 2.05) is 4.83 Å². The molecule has 98 valence electrons. The molecule has 0 spiro atoms. The lowest BCUT2D eigenvalue weighted by molar-refractivity contribution is -0.385. The fourth-order valence-electron chi connectivity index (χ4n) is 1.26. The molecule has 0 unspecified atom stereocenters. The minimum absolute atomic E-state index is 0.0275. The highest BCUT2D eigenvalue weighted by molar-refractivity contribution is 7.89. The van der Waals surface area contributed by atoms with Gasteiger partial charge in [0.15, 0.2) is 5.11 Å². The summed E-state index contributed by atoms with van der Waals surface area (Å²) < 4.78 is 23.6. The zero-order chi connectivity index (χ0) is 13.9. The molecule has 1 aromatic rings. The summed E-state index contributed by atoms with van der Waals surface area (Å²) in [7, 11) is -3.98. The van der Waals surface area contributed by atoms with Gasteiger partial charge in [0.05, 0.1) is 9.82 Å². The number of benzene rings is 1. The van der Waals surface area contributed by atoms with Crippen LogP contribution in [0.3, 0.4) is 0 Å². The monoisotopic (exact) mass is 290 g/mol. The molecule has 0 heterocycles. The van der Waals surface area contributed by atoms with Crippen LogP contribution in [0.1, 0.15) is 5.56 Å². The van der Waals surface area contributed by atoms with Crippen molar-refractivity contribution in [3.8, 4) is 0 Å². The summed E-state index contributed by atoms with van der Waals surface area (Å²) in [5.74, 6) is 0. The van der Waals surface area contributed by atoms with Crippen molar-refractivity contribution in [2.75, 3.05) is 0 Å². The van der Waals surface area contributed by atoms with Crippen molar-refractivity contribution in [3.05, 3.63) is 33.9 Å². The third-order valence-corrected chi connectivity index (χ3v) is 3.54. The van der Waals surface area contributed by atoms with Crippen LogP contribution < -0.4 is 16.0 Å². The second-order valence-electron chi connectivity index (χ2n) is 3.25. The first-order valence-corrected chi connectivity index (χ1v) is 6.46. The molecule has 0 bridgehead atoms. The second-order valence-corrected chi connectivity index (χ2v) is 5.34. The highest BCUT2D eigenvalue weighted by atomic mass is 32.2. The average Bonchev–Trinajstić information content (AvgIpc) is 2.26. The third kappa shape index (κ3) is 3.12. The largest absolute Gasteiger partial charge is 0.375 e. The van der Waals surface area contributed by atoms with E-state index in [4.69, 9.17) is 5.73 Å². The number of nitro groups is 1. The van der Waals surface area contributed by atoms with Crippen LogP contribution in [0.25, 0.3) is 0 Å². The first-order chi connectivity index (χ1) is 8.25. The SMILES string of the molecule is Cc1c([N+](=O)[O-])cccc1S(=O)(=O)NNC(N)=S. The molecule has 0 aromatic heterocycles. The zero-order valence-electron chi connectivity index (χ0n) is 9.21. The predicted octanol–water partition coefficient (Wildman–Crippen LogP) is -0.0703. The van der Waals surface area contributed by atoms with Crippen molar-refractivity contribution in [2.45, 2.75) is 11.8 Å². The maximum atomic E-state index is 11.8. The molecular formula is C8H10N4O4S2. The van der Waals surface area contributed by atoms with Crippen molar-refractivity contribution in [3.63, 3.8) is 0 Å². The van der Waals surface area contributed by atoms with E-state index in [0.717, 1.165) is 0 Å². The van der Waals surface area contributed by atoms with Gasteiger partial charge in [0.25, 0.3) is 15.7 Å². The van der Waals surface area contributed by atoms with Gasteiger partial charge in [-0.05, 0) is 25.2 Å². The minimum atomic E-state index is -3.98. The van der Waals surface area contributed by atoms with Crippen LogP contribution in [0.2, 0.25) is 0 Å². The van der Waals surface area contributed by atoms with Gasteiger partial charge in [0.1, 0.15) is 0 Å². The molecule has 10 heteroatoms. The lowest BCUT2D eigenvalue weighted by Crippen LogP contribution is -2.44. The fourth-order valence-corrected chi connectivity index (χ4v) is 2.50. The standard InChI is InChI=1S/C8H10N4O4S2/c1-5-6(12(13)14)3-2-4-7(5)18(15,16)11-10-8(9)17/h2-4,11H,1H3,(H3,9,10,17).